The number of benzene rings is 1. The van der Waals surface area contributed by atoms with Gasteiger partial charge in [-0.05, 0) is 32.8 Å². The Kier molecular flexibility index (Phi) is 4.13. The third-order valence-electron chi connectivity index (χ3n) is 3.26. The van der Waals surface area contributed by atoms with Gasteiger partial charge in [0.2, 0.25) is 0 Å². The number of aliphatic carboxylic acids is 1. The fourth-order valence-corrected chi connectivity index (χ4v) is 2.26. The Balaban J connectivity index is 2.37. The van der Waals surface area contributed by atoms with Crippen molar-refractivity contribution < 1.29 is 9.90 Å². The van der Waals surface area contributed by atoms with E-state index in [1.807, 2.05) is 38.1 Å². The third-order valence-corrected chi connectivity index (χ3v) is 3.26. The molecule has 0 aliphatic heterocycles. The van der Waals surface area contributed by atoms with Crippen LogP contribution >= 0.6 is 0 Å². The summed E-state index contributed by atoms with van der Waals surface area (Å²) in [7, 11) is 0. The van der Waals surface area contributed by atoms with Crippen LogP contribution in [-0.2, 0) is 11.2 Å². The predicted octanol–water partition coefficient (Wildman–Crippen LogP) is 2.81. The molecule has 0 spiro atoms. The smallest absolute Gasteiger partial charge is 0.313 e. The lowest BCUT2D eigenvalue weighted by Gasteiger charge is -2.14. The lowest BCUT2D eigenvalue weighted by molar-refractivity contribution is -0.138. The zero-order valence-electron chi connectivity index (χ0n) is 11.9. The van der Waals surface area contributed by atoms with Crippen LogP contribution in [0, 0.1) is 20.8 Å². The van der Waals surface area contributed by atoms with Gasteiger partial charge in [0.1, 0.15) is 5.92 Å². The van der Waals surface area contributed by atoms with E-state index in [0.29, 0.717) is 17.8 Å². The van der Waals surface area contributed by atoms with E-state index in [0.717, 1.165) is 16.8 Å². The predicted molar refractivity (Wildman–Crippen MR) is 76.8 cm³/mol. The molecule has 1 atom stereocenters. The maximum Gasteiger partial charge on any atom is 0.313 e. The van der Waals surface area contributed by atoms with E-state index in [9.17, 15) is 9.90 Å². The highest BCUT2D eigenvalue weighted by Gasteiger charge is 2.24. The minimum atomic E-state index is -0.866. The van der Waals surface area contributed by atoms with E-state index in [1.54, 1.807) is 13.1 Å². The van der Waals surface area contributed by atoms with Gasteiger partial charge in [-0.2, -0.15) is 0 Å². The monoisotopic (exact) mass is 270 g/mol. The first-order valence-corrected chi connectivity index (χ1v) is 6.56. The molecule has 104 valence electrons. The molecule has 1 N–H and O–H groups in total. The summed E-state index contributed by atoms with van der Waals surface area (Å²) < 4.78 is 0. The van der Waals surface area contributed by atoms with E-state index in [4.69, 9.17) is 0 Å². The van der Waals surface area contributed by atoms with Crippen LogP contribution in [0.2, 0.25) is 0 Å². The molecule has 4 nitrogen and oxygen atoms in total. The van der Waals surface area contributed by atoms with Crippen molar-refractivity contribution in [3.8, 4) is 0 Å². The highest BCUT2D eigenvalue weighted by atomic mass is 16.4. The molecular formula is C16H18N2O2. The van der Waals surface area contributed by atoms with Gasteiger partial charge < -0.3 is 5.11 Å². The largest absolute Gasteiger partial charge is 0.481 e. The summed E-state index contributed by atoms with van der Waals surface area (Å²) in [6.07, 6.45) is 2.08. The van der Waals surface area contributed by atoms with Crippen molar-refractivity contribution in [1.82, 2.24) is 9.97 Å². The molecule has 0 radical (unpaired) electrons. The fraction of sp³-hybridized carbons (Fsp3) is 0.312. The van der Waals surface area contributed by atoms with Crippen molar-refractivity contribution in [3.05, 3.63) is 58.7 Å². The zero-order valence-corrected chi connectivity index (χ0v) is 11.9. The quantitative estimate of drug-likeness (QED) is 0.928. The first-order chi connectivity index (χ1) is 9.47. The number of carboxylic acid groups (broad SMARTS) is 1. The van der Waals surface area contributed by atoms with Crippen LogP contribution in [0.25, 0.3) is 0 Å². The fourth-order valence-electron chi connectivity index (χ4n) is 2.26. The molecule has 4 heteroatoms. The Morgan fingerprint density at radius 3 is 2.70 bits per heavy atom. The standard InChI is InChI=1S/C16H18N2O2/c1-10-5-4-6-13(7-10)8-14(16(19)20)15-12(3)17-9-11(2)18-15/h4-7,9,14H,8H2,1-3H3,(H,19,20). The number of carbonyl (C=O) groups is 1. The molecule has 0 aliphatic rings. The summed E-state index contributed by atoms with van der Waals surface area (Å²) in [6.45, 7) is 5.62. The van der Waals surface area contributed by atoms with Crippen LogP contribution in [0.5, 0.6) is 0 Å². The molecule has 0 bridgehead atoms. The highest BCUT2D eigenvalue weighted by Crippen LogP contribution is 2.22. The van der Waals surface area contributed by atoms with Crippen LogP contribution in [0.1, 0.15) is 34.1 Å². The van der Waals surface area contributed by atoms with Gasteiger partial charge in [-0.1, -0.05) is 29.8 Å². The zero-order chi connectivity index (χ0) is 14.7. The summed E-state index contributed by atoms with van der Waals surface area (Å²) in [4.78, 5) is 20.2. The van der Waals surface area contributed by atoms with Crippen molar-refractivity contribution in [2.75, 3.05) is 0 Å². The van der Waals surface area contributed by atoms with Gasteiger partial charge in [0, 0.05) is 6.20 Å². The van der Waals surface area contributed by atoms with Crippen LogP contribution in [0.4, 0.5) is 0 Å². The van der Waals surface area contributed by atoms with Crippen LogP contribution in [0.15, 0.2) is 30.5 Å². The van der Waals surface area contributed by atoms with Gasteiger partial charge in [-0.3, -0.25) is 14.8 Å². The molecule has 1 aromatic heterocycles. The molecule has 2 aromatic rings. The van der Waals surface area contributed by atoms with Gasteiger partial charge in [0.05, 0.1) is 17.1 Å². The van der Waals surface area contributed by atoms with Crippen molar-refractivity contribution in [2.45, 2.75) is 33.1 Å². The molecule has 1 unspecified atom stereocenters. The summed E-state index contributed by atoms with van der Waals surface area (Å²) in [6, 6.07) is 7.89. The summed E-state index contributed by atoms with van der Waals surface area (Å²) >= 11 is 0. The lowest BCUT2D eigenvalue weighted by Crippen LogP contribution is -2.18. The van der Waals surface area contributed by atoms with Gasteiger partial charge in [-0.25, -0.2) is 0 Å². The summed E-state index contributed by atoms with van der Waals surface area (Å²) in [5.74, 6) is -1.53. The number of aromatic nitrogens is 2. The second-order valence-corrected chi connectivity index (χ2v) is 5.07. The van der Waals surface area contributed by atoms with Crippen molar-refractivity contribution in [2.24, 2.45) is 0 Å². The van der Waals surface area contributed by atoms with Crippen LogP contribution < -0.4 is 0 Å². The van der Waals surface area contributed by atoms with Crippen molar-refractivity contribution in [3.63, 3.8) is 0 Å². The third kappa shape index (κ3) is 3.20. The molecule has 0 fully saturated rings. The SMILES string of the molecule is Cc1cccc(CC(C(=O)O)c2nc(C)cnc2C)c1. The molecule has 2 rings (SSSR count). The number of hydrogen-bond acceptors (Lipinski definition) is 3. The molecule has 0 saturated heterocycles. The van der Waals surface area contributed by atoms with Crippen molar-refractivity contribution >= 4 is 5.97 Å². The van der Waals surface area contributed by atoms with E-state index in [1.165, 1.54) is 0 Å². The van der Waals surface area contributed by atoms with E-state index >= 15 is 0 Å². The topological polar surface area (TPSA) is 63.1 Å². The lowest BCUT2D eigenvalue weighted by atomic mass is 9.94. The number of rotatable bonds is 4. The Morgan fingerprint density at radius 2 is 2.05 bits per heavy atom. The first kappa shape index (κ1) is 14.2. The average Bonchev–Trinajstić information content (AvgIpc) is 2.39. The maximum atomic E-state index is 11.6. The van der Waals surface area contributed by atoms with Gasteiger partial charge in [0.15, 0.2) is 0 Å². The second-order valence-electron chi connectivity index (χ2n) is 5.07. The second kappa shape index (κ2) is 5.82. The maximum absolute atomic E-state index is 11.6. The normalized spacial score (nSPS) is 12.2. The first-order valence-electron chi connectivity index (χ1n) is 6.56. The highest BCUT2D eigenvalue weighted by molar-refractivity contribution is 5.76. The minimum Gasteiger partial charge on any atom is -0.481 e. The van der Waals surface area contributed by atoms with Crippen LogP contribution in [-0.4, -0.2) is 21.0 Å². The Bertz CT molecular complexity index is 638. The molecule has 0 aliphatic carbocycles. The molecule has 1 heterocycles. The van der Waals surface area contributed by atoms with Gasteiger partial charge in [0.25, 0.3) is 0 Å². The molecular weight excluding hydrogens is 252 g/mol. The number of nitrogens with zero attached hydrogens (tertiary/aromatic N) is 2. The molecule has 0 saturated carbocycles. The molecule has 1 aromatic carbocycles. The van der Waals surface area contributed by atoms with E-state index in [-0.39, 0.29) is 0 Å². The average molecular weight is 270 g/mol. The number of hydrogen-bond donors (Lipinski definition) is 1. The summed E-state index contributed by atoms with van der Waals surface area (Å²) in [5.41, 5.74) is 4.09. The van der Waals surface area contributed by atoms with E-state index in [2.05, 4.69) is 9.97 Å². The Labute approximate surface area is 118 Å². The van der Waals surface area contributed by atoms with E-state index < -0.39 is 11.9 Å². The number of carboxylic acids is 1. The Hall–Kier alpha value is -2.23. The molecule has 0 amide bonds. The van der Waals surface area contributed by atoms with Crippen molar-refractivity contribution in [1.29, 1.82) is 0 Å². The summed E-state index contributed by atoms with van der Waals surface area (Å²) in [5, 5.41) is 9.50. The van der Waals surface area contributed by atoms with Gasteiger partial charge in [-0.15, -0.1) is 0 Å². The van der Waals surface area contributed by atoms with Gasteiger partial charge >= 0.3 is 5.97 Å². The molecule has 20 heavy (non-hydrogen) atoms. The minimum absolute atomic E-state index is 0.427. The number of aryl methyl sites for hydroxylation is 3. The van der Waals surface area contributed by atoms with Crippen LogP contribution in [0.3, 0.4) is 0 Å². The Morgan fingerprint density at radius 1 is 1.30 bits per heavy atom.